The number of rotatable bonds is 11. The minimum Gasteiger partial charge on any atom is -0.481 e. The Labute approximate surface area is 216 Å². The molecule has 3 N–H and O–H groups in total. The average Bonchev–Trinajstić information content (AvgIpc) is 3.23. The highest BCUT2D eigenvalue weighted by Crippen LogP contribution is 2.41. The van der Waals surface area contributed by atoms with E-state index in [0.717, 1.165) is 29.5 Å². The van der Waals surface area contributed by atoms with Crippen LogP contribution in [0.4, 0.5) is 8.78 Å². The number of carbonyl (C=O) groups excluding carboxylic acids is 1. The number of aliphatic carboxylic acids is 1. The molecule has 1 amide bonds. The zero-order chi connectivity index (χ0) is 27.2. The number of nitrogens with zero attached hydrogens (tertiary/aromatic N) is 2. The molecule has 2 aromatic carbocycles. The molecule has 3 rings (SSSR count). The number of aromatic nitrogens is 1. The molecule has 37 heavy (non-hydrogen) atoms. The SMILES string of the molecule is CC(C)(C)C(c1cc(-c2cc(F)ccc2F)cn1Cc1ccccc1)N(CCCN)C(=O)CCC(=O)O. The van der Waals surface area contributed by atoms with Gasteiger partial charge in [-0.1, -0.05) is 51.1 Å². The maximum Gasteiger partial charge on any atom is 0.303 e. The Morgan fingerprint density at radius 2 is 1.76 bits per heavy atom. The number of hydrogen-bond acceptors (Lipinski definition) is 3. The molecule has 0 aliphatic heterocycles. The molecule has 1 unspecified atom stereocenters. The van der Waals surface area contributed by atoms with Crippen molar-refractivity contribution in [3.05, 3.63) is 83.7 Å². The Morgan fingerprint density at radius 3 is 2.38 bits per heavy atom. The second-order valence-electron chi connectivity index (χ2n) is 10.3. The van der Waals surface area contributed by atoms with Crippen molar-refractivity contribution in [1.82, 2.24) is 9.47 Å². The van der Waals surface area contributed by atoms with Crippen LogP contribution in [0.5, 0.6) is 0 Å². The average molecular weight is 512 g/mol. The van der Waals surface area contributed by atoms with Gasteiger partial charge in [-0.25, -0.2) is 8.78 Å². The van der Waals surface area contributed by atoms with Crippen molar-refractivity contribution in [1.29, 1.82) is 0 Å². The summed E-state index contributed by atoms with van der Waals surface area (Å²) in [4.78, 5) is 26.2. The van der Waals surface area contributed by atoms with Crippen LogP contribution in [0, 0.1) is 17.0 Å². The molecule has 0 fully saturated rings. The topological polar surface area (TPSA) is 88.6 Å². The predicted octanol–water partition coefficient (Wildman–Crippen LogP) is 5.61. The van der Waals surface area contributed by atoms with E-state index in [-0.39, 0.29) is 24.3 Å². The summed E-state index contributed by atoms with van der Waals surface area (Å²) >= 11 is 0. The summed E-state index contributed by atoms with van der Waals surface area (Å²) in [5, 5.41) is 9.16. The van der Waals surface area contributed by atoms with Crippen LogP contribution < -0.4 is 5.73 Å². The van der Waals surface area contributed by atoms with Gasteiger partial charge in [0.15, 0.2) is 0 Å². The van der Waals surface area contributed by atoms with E-state index < -0.39 is 29.1 Å². The standard InChI is InChI=1S/C29H35F2N3O3/c1-29(2,3)28(34(15-7-14-32)26(35)12-13-27(36)37)25-16-21(23-17-22(30)10-11-24(23)31)19-33(25)18-20-8-5-4-6-9-20/h4-6,8-11,16-17,19,28H,7,12-15,18,32H2,1-3H3,(H,36,37). The fourth-order valence-corrected chi connectivity index (χ4v) is 4.63. The van der Waals surface area contributed by atoms with Crippen LogP contribution in [0.15, 0.2) is 60.8 Å². The van der Waals surface area contributed by atoms with Gasteiger partial charge >= 0.3 is 5.97 Å². The number of nitrogens with two attached hydrogens (primary N) is 1. The number of carboxylic acids is 1. The van der Waals surface area contributed by atoms with Gasteiger partial charge in [0.2, 0.25) is 5.91 Å². The van der Waals surface area contributed by atoms with Gasteiger partial charge < -0.3 is 20.3 Å². The molecule has 0 bridgehead atoms. The smallest absolute Gasteiger partial charge is 0.303 e. The van der Waals surface area contributed by atoms with E-state index in [1.165, 1.54) is 0 Å². The van der Waals surface area contributed by atoms with Crippen molar-refractivity contribution < 1.29 is 23.5 Å². The summed E-state index contributed by atoms with van der Waals surface area (Å²) < 4.78 is 30.8. The monoisotopic (exact) mass is 511 g/mol. The van der Waals surface area contributed by atoms with E-state index in [0.29, 0.717) is 31.6 Å². The molecule has 1 atom stereocenters. The first-order valence-electron chi connectivity index (χ1n) is 12.4. The number of amides is 1. The lowest BCUT2D eigenvalue weighted by Crippen LogP contribution is -2.43. The van der Waals surface area contributed by atoms with Crippen molar-refractivity contribution in [2.24, 2.45) is 11.1 Å². The number of halogens is 2. The minimum absolute atomic E-state index is 0.131. The van der Waals surface area contributed by atoms with Crippen LogP contribution in [0.3, 0.4) is 0 Å². The minimum atomic E-state index is -1.05. The fraction of sp³-hybridized carbons (Fsp3) is 0.379. The third-order valence-electron chi connectivity index (χ3n) is 6.25. The first-order chi connectivity index (χ1) is 17.5. The van der Waals surface area contributed by atoms with Gasteiger partial charge in [-0.15, -0.1) is 0 Å². The normalized spacial score (nSPS) is 12.4. The molecular formula is C29H35F2N3O3. The Balaban J connectivity index is 2.18. The summed E-state index contributed by atoms with van der Waals surface area (Å²) in [5.74, 6) is -2.43. The van der Waals surface area contributed by atoms with E-state index in [2.05, 4.69) is 0 Å². The summed E-state index contributed by atoms with van der Waals surface area (Å²) in [6.45, 7) is 7.16. The first-order valence-corrected chi connectivity index (χ1v) is 12.4. The molecular weight excluding hydrogens is 476 g/mol. The number of carbonyl (C=O) groups is 2. The Kier molecular flexibility index (Phi) is 9.21. The lowest BCUT2D eigenvalue weighted by Gasteiger charge is -2.41. The lowest BCUT2D eigenvalue weighted by atomic mass is 9.82. The van der Waals surface area contributed by atoms with Crippen LogP contribution in [0.1, 0.15) is 57.3 Å². The van der Waals surface area contributed by atoms with Crippen molar-refractivity contribution in [2.45, 2.75) is 52.6 Å². The van der Waals surface area contributed by atoms with Gasteiger partial charge in [0.05, 0.1) is 12.5 Å². The summed E-state index contributed by atoms with van der Waals surface area (Å²) in [6, 6.07) is 14.4. The third-order valence-corrected chi connectivity index (χ3v) is 6.25. The van der Waals surface area contributed by atoms with E-state index in [4.69, 9.17) is 10.8 Å². The van der Waals surface area contributed by atoms with Gasteiger partial charge in [0.1, 0.15) is 11.6 Å². The molecule has 0 aliphatic carbocycles. The van der Waals surface area contributed by atoms with Crippen LogP contribution in [-0.4, -0.2) is 39.5 Å². The number of benzene rings is 2. The molecule has 0 spiro atoms. The second kappa shape index (κ2) is 12.1. The maximum atomic E-state index is 14.8. The Morgan fingerprint density at radius 1 is 1.05 bits per heavy atom. The summed E-state index contributed by atoms with van der Waals surface area (Å²) in [6.07, 6.45) is 1.90. The third kappa shape index (κ3) is 7.26. The molecule has 0 saturated carbocycles. The fourth-order valence-electron chi connectivity index (χ4n) is 4.63. The molecule has 0 aliphatic rings. The number of hydrogen-bond donors (Lipinski definition) is 2. The predicted molar refractivity (Wildman–Crippen MR) is 140 cm³/mol. The summed E-state index contributed by atoms with van der Waals surface area (Å²) in [5.41, 5.74) is 7.68. The van der Waals surface area contributed by atoms with E-state index in [1.807, 2.05) is 55.7 Å². The zero-order valence-electron chi connectivity index (χ0n) is 21.6. The molecule has 0 radical (unpaired) electrons. The molecule has 6 nitrogen and oxygen atoms in total. The van der Waals surface area contributed by atoms with E-state index in [1.54, 1.807) is 17.2 Å². The second-order valence-corrected chi connectivity index (χ2v) is 10.3. The van der Waals surface area contributed by atoms with Gasteiger partial charge in [0.25, 0.3) is 0 Å². The molecule has 1 heterocycles. The first kappa shape index (κ1) is 28.1. The lowest BCUT2D eigenvalue weighted by molar-refractivity contribution is -0.143. The highest BCUT2D eigenvalue weighted by Gasteiger charge is 2.37. The van der Waals surface area contributed by atoms with Gasteiger partial charge in [-0.2, -0.15) is 0 Å². The molecule has 3 aromatic rings. The van der Waals surface area contributed by atoms with Crippen LogP contribution >= 0.6 is 0 Å². The molecule has 1 aromatic heterocycles. The summed E-state index contributed by atoms with van der Waals surface area (Å²) in [7, 11) is 0. The van der Waals surface area contributed by atoms with Crippen LogP contribution in [0.2, 0.25) is 0 Å². The van der Waals surface area contributed by atoms with E-state index >= 15 is 0 Å². The molecule has 198 valence electrons. The highest BCUT2D eigenvalue weighted by atomic mass is 19.1. The van der Waals surface area contributed by atoms with Crippen LogP contribution in [0.25, 0.3) is 11.1 Å². The largest absolute Gasteiger partial charge is 0.481 e. The van der Waals surface area contributed by atoms with Gasteiger partial charge in [-0.05, 0) is 48.2 Å². The van der Waals surface area contributed by atoms with E-state index in [9.17, 15) is 18.4 Å². The van der Waals surface area contributed by atoms with Gasteiger partial charge in [0, 0.05) is 42.5 Å². The Hall–Kier alpha value is -3.52. The van der Waals surface area contributed by atoms with Crippen molar-refractivity contribution >= 4 is 11.9 Å². The van der Waals surface area contributed by atoms with Crippen LogP contribution in [-0.2, 0) is 16.1 Å². The highest BCUT2D eigenvalue weighted by molar-refractivity contribution is 5.81. The van der Waals surface area contributed by atoms with Crippen molar-refractivity contribution in [3.8, 4) is 11.1 Å². The number of carboxylic acid groups (broad SMARTS) is 1. The molecule has 8 heteroatoms. The molecule has 0 saturated heterocycles. The van der Waals surface area contributed by atoms with Crippen molar-refractivity contribution in [3.63, 3.8) is 0 Å². The van der Waals surface area contributed by atoms with Crippen molar-refractivity contribution in [2.75, 3.05) is 13.1 Å². The Bertz CT molecular complexity index is 1220. The quantitative estimate of drug-likeness (QED) is 0.350. The maximum absolute atomic E-state index is 14.8. The zero-order valence-corrected chi connectivity index (χ0v) is 21.6. The van der Waals surface area contributed by atoms with Gasteiger partial charge in [-0.3, -0.25) is 9.59 Å².